The van der Waals surface area contributed by atoms with Gasteiger partial charge in [0.25, 0.3) is 0 Å². The van der Waals surface area contributed by atoms with Gasteiger partial charge in [-0.3, -0.25) is 0 Å². The summed E-state index contributed by atoms with van der Waals surface area (Å²) in [5.74, 6) is 2.41. The number of aromatic nitrogens is 3. The summed E-state index contributed by atoms with van der Waals surface area (Å²) in [4.78, 5) is 18.4. The van der Waals surface area contributed by atoms with Crippen molar-refractivity contribution in [3.8, 4) is 45.3 Å². The number of allylic oxidation sites excluding steroid dienone is 4. The topological polar surface area (TPSA) is 38.7 Å². The Balaban J connectivity index is 1.07. The van der Waals surface area contributed by atoms with Crippen LogP contribution in [-0.2, 0) is 0 Å². The highest BCUT2D eigenvalue weighted by Gasteiger charge is 2.29. The zero-order valence-corrected chi connectivity index (χ0v) is 29.5. The van der Waals surface area contributed by atoms with E-state index in [0.717, 1.165) is 34.1 Å². The van der Waals surface area contributed by atoms with Crippen molar-refractivity contribution in [1.29, 1.82) is 0 Å². The van der Waals surface area contributed by atoms with E-state index >= 15 is 0 Å². The lowest BCUT2D eigenvalue weighted by Crippen LogP contribution is -2.02. The fourth-order valence-corrected chi connectivity index (χ4v) is 9.38. The lowest BCUT2D eigenvalue weighted by molar-refractivity contribution is 0.837. The van der Waals surface area contributed by atoms with Gasteiger partial charge in [0.15, 0.2) is 17.5 Å². The minimum absolute atomic E-state index is 0.394. The van der Waals surface area contributed by atoms with Gasteiger partial charge in [0.05, 0.1) is 0 Å². The van der Waals surface area contributed by atoms with Crippen molar-refractivity contribution in [2.24, 2.45) is 0 Å². The summed E-state index contributed by atoms with van der Waals surface area (Å²) >= 11 is 1.88. The van der Waals surface area contributed by atoms with Crippen molar-refractivity contribution in [2.45, 2.75) is 17.2 Å². The van der Waals surface area contributed by atoms with Crippen molar-refractivity contribution in [2.75, 3.05) is 0 Å². The van der Waals surface area contributed by atoms with E-state index in [1.807, 2.05) is 11.8 Å². The van der Waals surface area contributed by atoms with E-state index in [9.17, 15) is 0 Å². The molecule has 2 aliphatic rings. The Hall–Kier alpha value is -6.36. The molecule has 0 saturated heterocycles. The fourth-order valence-electron chi connectivity index (χ4n) is 8.16. The van der Waals surface area contributed by atoms with Gasteiger partial charge in [0.1, 0.15) is 0 Å². The number of hydrogen-bond donors (Lipinski definition) is 0. The van der Waals surface area contributed by atoms with E-state index < -0.39 is 0 Å². The van der Waals surface area contributed by atoms with Gasteiger partial charge in [-0.1, -0.05) is 163 Å². The molecule has 9 aromatic rings. The summed E-state index contributed by atoms with van der Waals surface area (Å²) in [6.07, 6.45) is 7.72. The number of thioether (sulfide) groups is 1. The molecule has 8 aromatic carbocycles. The zero-order chi connectivity index (χ0) is 34.9. The average molecular weight is 694 g/mol. The molecule has 0 N–H and O–H groups in total. The second-order valence-electron chi connectivity index (χ2n) is 13.9. The molecule has 0 spiro atoms. The van der Waals surface area contributed by atoms with E-state index in [2.05, 4.69) is 170 Å². The molecule has 0 radical (unpaired) electrons. The molecular formula is C49H31N3S. The predicted molar refractivity (Wildman–Crippen MR) is 222 cm³/mol. The summed E-state index contributed by atoms with van der Waals surface area (Å²) in [5.41, 5.74) is 6.66. The van der Waals surface area contributed by atoms with Gasteiger partial charge in [-0.15, -0.1) is 0 Å². The molecule has 248 valence electrons. The second-order valence-corrected chi connectivity index (χ2v) is 15.0. The Bertz CT molecular complexity index is 3010. The van der Waals surface area contributed by atoms with Crippen LogP contribution in [0.5, 0.6) is 0 Å². The van der Waals surface area contributed by atoms with Crippen molar-refractivity contribution in [3.05, 3.63) is 180 Å². The van der Waals surface area contributed by atoms with Gasteiger partial charge < -0.3 is 0 Å². The van der Waals surface area contributed by atoms with E-state index in [1.54, 1.807) is 0 Å². The highest BCUT2D eigenvalue weighted by atomic mass is 32.2. The van der Waals surface area contributed by atoms with Crippen LogP contribution < -0.4 is 0 Å². The van der Waals surface area contributed by atoms with Gasteiger partial charge in [-0.25, -0.2) is 15.0 Å². The number of rotatable bonds is 4. The molecule has 0 saturated carbocycles. The highest BCUT2D eigenvalue weighted by molar-refractivity contribution is 8.03. The number of hydrogen-bond acceptors (Lipinski definition) is 4. The molecule has 2 heterocycles. The highest BCUT2D eigenvalue weighted by Crippen LogP contribution is 2.52. The first-order valence-electron chi connectivity index (χ1n) is 18.1. The first-order chi connectivity index (χ1) is 26.2. The third-order valence-corrected chi connectivity index (χ3v) is 12.1. The summed E-state index contributed by atoms with van der Waals surface area (Å²) in [7, 11) is 0. The molecule has 1 atom stereocenters. The third-order valence-electron chi connectivity index (χ3n) is 10.9. The first kappa shape index (κ1) is 30.3. The van der Waals surface area contributed by atoms with Crippen LogP contribution in [0.3, 0.4) is 0 Å². The van der Waals surface area contributed by atoms with Gasteiger partial charge in [-0.2, -0.15) is 0 Å². The van der Waals surface area contributed by atoms with Gasteiger partial charge in [0, 0.05) is 27.5 Å². The monoisotopic (exact) mass is 693 g/mol. The average Bonchev–Trinajstić information content (AvgIpc) is 3.61. The number of benzene rings is 8. The van der Waals surface area contributed by atoms with Crippen molar-refractivity contribution in [3.63, 3.8) is 0 Å². The maximum absolute atomic E-state index is 5.25. The molecule has 3 nitrogen and oxygen atoms in total. The van der Waals surface area contributed by atoms with Crippen LogP contribution in [0.25, 0.3) is 88.4 Å². The molecule has 1 aliphatic heterocycles. The summed E-state index contributed by atoms with van der Waals surface area (Å²) < 4.78 is 0. The molecule has 0 bridgehead atoms. The lowest BCUT2D eigenvalue weighted by Gasteiger charge is -2.14. The van der Waals surface area contributed by atoms with E-state index in [4.69, 9.17) is 15.0 Å². The molecule has 0 fully saturated rings. The van der Waals surface area contributed by atoms with Crippen LogP contribution in [0.1, 0.15) is 17.9 Å². The van der Waals surface area contributed by atoms with Gasteiger partial charge in [-0.05, 0) is 89.3 Å². The molecule has 1 aliphatic carbocycles. The lowest BCUT2D eigenvalue weighted by atomic mass is 9.91. The van der Waals surface area contributed by atoms with Crippen molar-refractivity contribution >= 4 is 54.9 Å². The van der Waals surface area contributed by atoms with Crippen LogP contribution in [0.15, 0.2) is 180 Å². The Morgan fingerprint density at radius 2 is 1.09 bits per heavy atom. The Morgan fingerprint density at radius 1 is 0.453 bits per heavy atom. The van der Waals surface area contributed by atoms with E-state index in [-0.39, 0.29) is 0 Å². The SMILES string of the molecule is C1=CCC2C(=C1)Sc1ccc(-c3nc(-c4ccc(-c5ccc6ccccc6c5)cc4)nc(-c4cccc5c4ccc4c6ccccc6ccc54)n3)cc12. The molecule has 1 unspecified atom stereocenters. The molecule has 1 aromatic heterocycles. The molecular weight excluding hydrogens is 663 g/mol. The predicted octanol–water partition coefficient (Wildman–Crippen LogP) is 13.2. The Morgan fingerprint density at radius 3 is 2.00 bits per heavy atom. The maximum Gasteiger partial charge on any atom is 0.164 e. The van der Waals surface area contributed by atoms with Crippen LogP contribution in [0, 0.1) is 0 Å². The minimum Gasteiger partial charge on any atom is -0.208 e. The Kier molecular flexibility index (Phi) is 6.92. The first-order valence-corrected chi connectivity index (χ1v) is 18.9. The number of fused-ring (bicyclic) bond motifs is 9. The third kappa shape index (κ3) is 5.09. The molecule has 53 heavy (non-hydrogen) atoms. The van der Waals surface area contributed by atoms with Gasteiger partial charge >= 0.3 is 0 Å². The Labute approximate surface area is 311 Å². The summed E-state index contributed by atoms with van der Waals surface area (Å²) in [6, 6.07) is 54.5. The zero-order valence-electron chi connectivity index (χ0n) is 28.7. The molecule has 4 heteroatoms. The van der Waals surface area contributed by atoms with Crippen LogP contribution >= 0.6 is 11.8 Å². The summed E-state index contributed by atoms with van der Waals surface area (Å²) in [6.45, 7) is 0. The molecule has 11 rings (SSSR count). The largest absolute Gasteiger partial charge is 0.208 e. The van der Waals surface area contributed by atoms with Crippen molar-refractivity contribution in [1.82, 2.24) is 15.0 Å². The quantitative estimate of drug-likeness (QED) is 0.172. The molecule has 0 amide bonds. The smallest absolute Gasteiger partial charge is 0.164 e. The second kappa shape index (κ2) is 12.1. The number of nitrogens with zero attached hydrogens (tertiary/aromatic N) is 3. The fraction of sp³-hybridized carbons (Fsp3) is 0.0408. The normalized spacial score (nSPS) is 14.9. The summed E-state index contributed by atoms with van der Waals surface area (Å²) in [5, 5.41) is 9.76. The van der Waals surface area contributed by atoms with Crippen molar-refractivity contribution < 1.29 is 0 Å². The van der Waals surface area contributed by atoms with Gasteiger partial charge in [0.2, 0.25) is 0 Å². The van der Waals surface area contributed by atoms with Crippen LogP contribution in [0.2, 0.25) is 0 Å². The van der Waals surface area contributed by atoms with Crippen LogP contribution in [-0.4, -0.2) is 15.0 Å². The van der Waals surface area contributed by atoms with E-state index in [0.29, 0.717) is 23.4 Å². The van der Waals surface area contributed by atoms with E-state index in [1.165, 1.54) is 58.6 Å². The minimum atomic E-state index is 0.394. The maximum atomic E-state index is 5.25. The van der Waals surface area contributed by atoms with Crippen LogP contribution in [0.4, 0.5) is 0 Å². The standard InChI is InChI=1S/C49H31N3S/c1-2-10-34-28-35(21-18-30(34)8-1)31-16-19-33(20-17-31)47-50-48(36-23-27-46-44(29-36)42-12-5-6-15-45(42)53-46)52-49(51-47)43-14-7-13-38-40-24-22-32-9-3-4-11-37(32)39(40)25-26-41(38)43/h1-11,13-29,42H,12H2.